The Kier molecular flexibility index (Phi) is 5.59. The number of hydrogen-bond donors (Lipinski definition) is 1. The minimum absolute atomic E-state index is 0.126. The molecule has 1 aliphatic heterocycles. The maximum absolute atomic E-state index is 13.1. The van der Waals surface area contributed by atoms with Gasteiger partial charge in [0.1, 0.15) is 11.5 Å². The van der Waals surface area contributed by atoms with Crippen molar-refractivity contribution in [2.75, 3.05) is 18.0 Å². The molecule has 5 heterocycles. The van der Waals surface area contributed by atoms with E-state index >= 15 is 0 Å². The molecule has 5 rings (SSSR count). The van der Waals surface area contributed by atoms with Gasteiger partial charge in [-0.1, -0.05) is 0 Å². The summed E-state index contributed by atoms with van der Waals surface area (Å²) < 4.78 is 71.3. The van der Waals surface area contributed by atoms with E-state index in [4.69, 9.17) is 4.74 Å². The second kappa shape index (κ2) is 8.59. The fourth-order valence-corrected chi connectivity index (χ4v) is 4.06. The lowest BCUT2D eigenvalue weighted by Gasteiger charge is -2.38. The SMILES string of the molecule is FC(F)OC1CC(c2cn[nH]c2)CN(c2ccnc(-c3cnc4cnc(C(F)(F)F)cn34)n2)C1. The largest absolute Gasteiger partial charge is 0.434 e. The third-order valence-electron chi connectivity index (χ3n) is 5.58. The van der Waals surface area contributed by atoms with Crippen molar-refractivity contribution in [2.45, 2.75) is 31.2 Å². The zero-order valence-electron chi connectivity index (χ0n) is 17.3. The van der Waals surface area contributed by atoms with Crippen molar-refractivity contribution in [3.05, 3.63) is 54.5 Å². The van der Waals surface area contributed by atoms with Gasteiger partial charge in [-0.15, -0.1) is 0 Å². The topological polar surface area (TPSA) is 97.1 Å². The van der Waals surface area contributed by atoms with Gasteiger partial charge in [0.15, 0.2) is 17.2 Å². The summed E-state index contributed by atoms with van der Waals surface area (Å²) in [7, 11) is 0. The quantitative estimate of drug-likeness (QED) is 0.437. The molecule has 9 nitrogen and oxygen atoms in total. The summed E-state index contributed by atoms with van der Waals surface area (Å²) in [5, 5.41) is 6.65. The Morgan fingerprint density at radius 2 is 1.94 bits per heavy atom. The van der Waals surface area contributed by atoms with Crippen molar-refractivity contribution in [3.8, 4) is 11.5 Å². The Labute approximate surface area is 188 Å². The third kappa shape index (κ3) is 4.40. The molecule has 1 fully saturated rings. The van der Waals surface area contributed by atoms with Gasteiger partial charge in [-0.05, 0) is 18.1 Å². The molecular formula is C20H17F5N8O. The summed E-state index contributed by atoms with van der Waals surface area (Å²) >= 11 is 0. The van der Waals surface area contributed by atoms with Gasteiger partial charge in [-0.2, -0.15) is 27.1 Å². The van der Waals surface area contributed by atoms with Crippen LogP contribution < -0.4 is 4.90 Å². The summed E-state index contributed by atoms with van der Waals surface area (Å²) in [4.78, 5) is 17.9. The van der Waals surface area contributed by atoms with Crippen LogP contribution in [0.3, 0.4) is 0 Å². The average molecular weight is 480 g/mol. The number of alkyl halides is 5. The van der Waals surface area contributed by atoms with Gasteiger partial charge in [-0.25, -0.2) is 19.9 Å². The molecule has 1 aliphatic rings. The van der Waals surface area contributed by atoms with Crippen molar-refractivity contribution in [1.82, 2.24) is 34.5 Å². The fraction of sp³-hybridized carbons (Fsp3) is 0.350. The molecule has 0 radical (unpaired) electrons. The Bertz CT molecular complexity index is 1280. The van der Waals surface area contributed by atoms with E-state index in [9.17, 15) is 22.0 Å². The van der Waals surface area contributed by atoms with E-state index in [1.807, 2.05) is 0 Å². The zero-order valence-corrected chi connectivity index (χ0v) is 17.3. The minimum atomic E-state index is -4.63. The first-order chi connectivity index (χ1) is 16.3. The third-order valence-corrected chi connectivity index (χ3v) is 5.58. The highest BCUT2D eigenvalue weighted by atomic mass is 19.4. The van der Waals surface area contributed by atoms with Crippen LogP contribution in [0.5, 0.6) is 0 Å². The van der Waals surface area contributed by atoms with Crippen molar-refractivity contribution in [3.63, 3.8) is 0 Å². The predicted molar refractivity (Wildman–Crippen MR) is 108 cm³/mol. The van der Waals surface area contributed by atoms with Crippen molar-refractivity contribution < 1.29 is 26.7 Å². The summed E-state index contributed by atoms with van der Waals surface area (Å²) in [6.45, 7) is -2.32. The molecule has 2 unspecified atom stereocenters. The summed E-state index contributed by atoms with van der Waals surface area (Å²) in [5.74, 6) is 0.396. The molecule has 4 aromatic rings. The van der Waals surface area contributed by atoms with E-state index in [-0.39, 0.29) is 29.6 Å². The molecule has 1 N–H and O–H groups in total. The maximum atomic E-state index is 13.1. The number of nitrogens with one attached hydrogen (secondary N) is 1. The second-order valence-electron chi connectivity index (χ2n) is 7.77. The van der Waals surface area contributed by atoms with Gasteiger partial charge in [0.2, 0.25) is 0 Å². The number of fused-ring (bicyclic) bond motifs is 1. The van der Waals surface area contributed by atoms with E-state index in [1.54, 1.807) is 23.4 Å². The van der Waals surface area contributed by atoms with E-state index in [1.165, 1.54) is 16.8 Å². The lowest BCUT2D eigenvalue weighted by atomic mass is 9.91. The Morgan fingerprint density at radius 3 is 2.68 bits per heavy atom. The zero-order chi connectivity index (χ0) is 23.9. The smallest absolute Gasteiger partial charge is 0.353 e. The van der Waals surface area contributed by atoms with Gasteiger partial charge >= 0.3 is 12.8 Å². The fourth-order valence-electron chi connectivity index (χ4n) is 4.06. The number of aromatic amines is 1. The molecule has 0 bridgehead atoms. The number of nitrogens with zero attached hydrogens (tertiary/aromatic N) is 7. The highest BCUT2D eigenvalue weighted by Crippen LogP contribution is 2.32. The van der Waals surface area contributed by atoms with Gasteiger partial charge < -0.3 is 9.64 Å². The molecule has 4 aromatic heterocycles. The number of aromatic nitrogens is 7. The minimum Gasteiger partial charge on any atom is -0.353 e. The number of ether oxygens (including phenoxy) is 1. The number of rotatable bonds is 5. The molecule has 0 spiro atoms. The standard InChI is InChI=1S/C20H17F5N8O/c21-19(22)34-13-3-11(12-4-29-30-5-12)8-32(9-13)16-1-2-26-18(31-16)14-6-28-17-7-27-15(10-33(14)17)20(23,24)25/h1-2,4-7,10-11,13,19H,3,8-9H2,(H,29,30). The van der Waals surface area contributed by atoms with E-state index in [0.717, 1.165) is 18.0 Å². The Balaban J connectivity index is 1.48. The number of H-pyrrole nitrogens is 1. The van der Waals surface area contributed by atoms with Crippen molar-refractivity contribution in [2.24, 2.45) is 0 Å². The predicted octanol–water partition coefficient (Wildman–Crippen LogP) is 3.53. The van der Waals surface area contributed by atoms with Gasteiger partial charge in [0, 0.05) is 37.6 Å². The van der Waals surface area contributed by atoms with Gasteiger partial charge in [0.25, 0.3) is 0 Å². The maximum Gasteiger partial charge on any atom is 0.434 e. The Hall–Kier alpha value is -3.68. The molecule has 178 valence electrons. The van der Waals surface area contributed by atoms with Crippen LogP contribution in [0.15, 0.2) is 43.2 Å². The van der Waals surface area contributed by atoms with Crippen LogP contribution in [0.1, 0.15) is 23.6 Å². The highest BCUT2D eigenvalue weighted by Gasteiger charge is 2.34. The van der Waals surface area contributed by atoms with Gasteiger partial charge in [0.05, 0.1) is 24.7 Å². The average Bonchev–Trinajstić information content (AvgIpc) is 3.48. The highest BCUT2D eigenvalue weighted by molar-refractivity contribution is 5.58. The van der Waals surface area contributed by atoms with Crippen molar-refractivity contribution >= 4 is 11.5 Å². The van der Waals surface area contributed by atoms with Crippen LogP contribution >= 0.6 is 0 Å². The summed E-state index contributed by atoms with van der Waals surface area (Å²) in [6, 6.07) is 1.60. The number of hydrogen-bond acceptors (Lipinski definition) is 7. The summed E-state index contributed by atoms with van der Waals surface area (Å²) in [5.41, 5.74) is 0.186. The second-order valence-corrected chi connectivity index (χ2v) is 7.77. The first kappa shape index (κ1) is 22.1. The Morgan fingerprint density at radius 1 is 1.09 bits per heavy atom. The normalized spacial score (nSPS) is 19.3. The van der Waals surface area contributed by atoms with Gasteiger partial charge in [-0.3, -0.25) is 9.50 Å². The first-order valence-electron chi connectivity index (χ1n) is 10.2. The molecule has 0 amide bonds. The number of halogens is 5. The van der Waals surface area contributed by atoms with E-state index < -0.39 is 24.6 Å². The van der Waals surface area contributed by atoms with Crippen LogP contribution in [-0.4, -0.2) is 60.3 Å². The number of anilines is 1. The van der Waals surface area contributed by atoms with Crippen LogP contribution in [-0.2, 0) is 10.9 Å². The molecule has 34 heavy (non-hydrogen) atoms. The number of imidazole rings is 1. The van der Waals surface area contributed by atoms with E-state index in [0.29, 0.717) is 18.8 Å². The molecular weight excluding hydrogens is 463 g/mol. The molecule has 2 atom stereocenters. The number of piperidine rings is 1. The van der Waals surface area contributed by atoms with Crippen LogP contribution in [0.4, 0.5) is 27.8 Å². The summed E-state index contributed by atoms with van der Waals surface area (Å²) in [6.07, 6.45) is 2.96. The van der Waals surface area contributed by atoms with Crippen LogP contribution in [0, 0.1) is 0 Å². The lowest BCUT2D eigenvalue weighted by Crippen LogP contribution is -2.44. The van der Waals surface area contributed by atoms with Crippen LogP contribution in [0.25, 0.3) is 17.2 Å². The molecule has 0 aliphatic carbocycles. The molecule has 0 aromatic carbocycles. The van der Waals surface area contributed by atoms with Crippen LogP contribution in [0.2, 0.25) is 0 Å². The van der Waals surface area contributed by atoms with E-state index in [2.05, 4.69) is 30.1 Å². The monoisotopic (exact) mass is 480 g/mol. The molecule has 1 saturated heterocycles. The van der Waals surface area contributed by atoms with Crippen molar-refractivity contribution in [1.29, 1.82) is 0 Å². The molecule has 14 heteroatoms. The lowest BCUT2D eigenvalue weighted by molar-refractivity contribution is -0.165. The first-order valence-corrected chi connectivity index (χ1v) is 10.2. The molecule has 0 saturated carbocycles.